The summed E-state index contributed by atoms with van der Waals surface area (Å²) >= 11 is 0. The molecule has 1 aromatic heterocycles. The van der Waals surface area contributed by atoms with E-state index in [4.69, 9.17) is 0 Å². The fourth-order valence-corrected chi connectivity index (χ4v) is 5.39. The summed E-state index contributed by atoms with van der Waals surface area (Å²) in [7, 11) is -1.60. The molecule has 2 aromatic rings. The van der Waals surface area contributed by atoms with Crippen LogP contribution in [0.2, 0.25) is 0 Å². The van der Waals surface area contributed by atoms with Gasteiger partial charge in [0.1, 0.15) is 0 Å². The number of aliphatic hydroxyl groups is 1. The molecule has 2 aliphatic rings. The SMILES string of the molecule is Cn1cnc2cc(N3CCN(CC4(O)CCCN(S(C)(=O)=O)C4)CC3)ccc2c1=O. The zero-order chi connectivity index (χ0) is 21.5. The van der Waals surface area contributed by atoms with Crippen LogP contribution < -0.4 is 10.5 Å². The van der Waals surface area contributed by atoms with Gasteiger partial charge in [-0.2, -0.15) is 4.31 Å². The van der Waals surface area contributed by atoms with Crippen LogP contribution in [0.3, 0.4) is 0 Å². The molecular weight excluding hydrogens is 406 g/mol. The van der Waals surface area contributed by atoms with Gasteiger partial charge in [0.25, 0.3) is 5.56 Å². The van der Waals surface area contributed by atoms with Crippen LogP contribution in [0.1, 0.15) is 12.8 Å². The lowest BCUT2D eigenvalue weighted by atomic mass is 9.93. The third-order valence-corrected chi connectivity index (χ3v) is 7.40. The van der Waals surface area contributed by atoms with Crippen LogP contribution in [0.25, 0.3) is 10.9 Å². The van der Waals surface area contributed by atoms with E-state index in [-0.39, 0.29) is 12.1 Å². The molecule has 0 bridgehead atoms. The highest BCUT2D eigenvalue weighted by Gasteiger charge is 2.38. The van der Waals surface area contributed by atoms with Gasteiger partial charge >= 0.3 is 0 Å². The summed E-state index contributed by atoms with van der Waals surface area (Å²) in [6.45, 7) is 4.27. The summed E-state index contributed by atoms with van der Waals surface area (Å²) < 4.78 is 26.6. The van der Waals surface area contributed by atoms with Gasteiger partial charge in [0, 0.05) is 58.5 Å². The van der Waals surface area contributed by atoms with E-state index >= 15 is 0 Å². The number of aromatic nitrogens is 2. The van der Waals surface area contributed by atoms with E-state index < -0.39 is 15.6 Å². The molecule has 0 radical (unpaired) electrons. The van der Waals surface area contributed by atoms with Crippen LogP contribution in [-0.4, -0.2) is 90.0 Å². The second-order valence-electron chi connectivity index (χ2n) is 8.55. The number of hydrogen-bond donors (Lipinski definition) is 1. The van der Waals surface area contributed by atoms with Crippen LogP contribution >= 0.6 is 0 Å². The number of piperazine rings is 1. The fourth-order valence-electron chi connectivity index (χ4n) is 4.46. The molecule has 0 spiro atoms. The molecule has 3 heterocycles. The Morgan fingerprint density at radius 1 is 1.17 bits per heavy atom. The molecule has 0 amide bonds. The average molecular weight is 436 g/mol. The third-order valence-electron chi connectivity index (χ3n) is 6.15. The van der Waals surface area contributed by atoms with Crippen LogP contribution in [0.15, 0.2) is 29.3 Å². The van der Waals surface area contributed by atoms with Gasteiger partial charge < -0.3 is 14.6 Å². The first-order valence-corrected chi connectivity index (χ1v) is 12.1. The summed E-state index contributed by atoms with van der Waals surface area (Å²) in [6.07, 6.45) is 4.03. The number of nitrogens with zero attached hydrogens (tertiary/aromatic N) is 5. The summed E-state index contributed by atoms with van der Waals surface area (Å²) in [6, 6.07) is 5.74. The maximum Gasteiger partial charge on any atom is 0.260 e. The first-order chi connectivity index (χ1) is 14.1. The molecular formula is C20H29N5O4S. The predicted octanol–water partition coefficient (Wildman–Crippen LogP) is -0.158. The molecule has 0 aliphatic carbocycles. The highest BCUT2D eigenvalue weighted by atomic mass is 32.2. The molecule has 1 aromatic carbocycles. The molecule has 2 saturated heterocycles. The van der Waals surface area contributed by atoms with Crippen LogP contribution in [0.5, 0.6) is 0 Å². The summed E-state index contributed by atoms with van der Waals surface area (Å²) in [5.41, 5.74) is 0.661. The maximum absolute atomic E-state index is 12.2. The van der Waals surface area contributed by atoms with Crippen molar-refractivity contribution in [3.05, 3.63) is 34.9 Å². The Bertz CT molecular complexity index is 1090. The van der Waals surface area contributed by atoms with Crippen molar-refractivity contribution in [1.29, 1.82) is 0 Å². The zero-order valence-corrected chi connectivity index (χ0v) is 18.3. The molecule has 4 rings (SSSR count). The molecule has 1 atom stereocenters. The predicted molar refractivity (Wildman–Crippen MR) is 116 cm³/mol. The third kappa shape index (κ3) is 4.36. The van der Waals surface area contributed by atoms with Crippen LogP contribution in [-0.2, 0) is 17.1 Å². The number of anilines is 1. The highest BCUT2D eigenvalue weighted by molar-refractivity contribution is 7.88. The minimum absolute atomic E-state index is 0.0553. The molecule has 10 heteroatoms. The molecule has 0 saturated carbocycles. The largest absolute Gasteiger partial charge is 0.387 e. The maximum atomic E-state index is 12.2. The second-order valence-corrected chi connectivity index (χ2v) is 10.5. The second kappa shape index (κ2) is 7.92. The van der Waals surface area contributed by atoms with Gasteiger partial charge in [-0.3, -0.25) is 9.69 Å². The van der Waals surface area contributed by atoms with E-state index in [0.717, 1.165) is 31.9 Å². The van der Waals surface area contributed by atoms with Gasteiger partial charge in [-0.05, 0) is 31.0 Å². The minimum Gasteiger partial charge on any atom is -0.387 e. The molecule has 1 N–H and O–H groups in total. The molecule has 2 fully saturated rings. The lowest BCUT2D eigenvalue weighted by Gasteiger charge is -2.43. The summed E-state index contributed by atoms with van der Waals surface area (Å²) in [5, 5.41) is 11.6. The topological polar surface area (TPSA) is 99.0 Å². The molecule has 30 heavy (non-hydrogen) atoms. The quantitative estimate of drug-likeness (QED) is 0.713. The standard InChI is InChI=1S/C20H29N5O4S/c1-22-15-21-18-12-16(4-5-17(18)19(22)26)24-10-8-23(9-11-24)13-20(27)6-3-7-25(14-20)30(2,28)29/h4-5,12,15,27H,3,6-11,13-14H2,1-2H3. The van der Waals surface area contributed by atoms with Crippen molar-refractivity contribution in [2.24, 2.45) is 7.05 Å². The molecule has 9 nitrogen and oxygen atoms in total. The zero-order valence-electron chi connectivity index (χ0n) is 17.5. The van der Waals surface area contributed by atoms with E-state index in [0.29, 0.717) is 36.8 Å². The van der Waals surface area contributed by atoms with Crippen molar-refractivity contribution in [1.82, 2.24) is 18.8 Å². The number of sulfonamides is 1. The first-order valence-electron chi connectivity index (χ1n) is 10.2. The van der Waals surface area contributed by atoms with E-state index in [9.17, 15) is 18.3 Å². The monoisotopic (exact) mass is 435 g/mol. The number of aryl methyl sites for hydroxylation is 1. The Kier molecular flexibility index (Phi) is 5.60. The van der Waals surface area contributed by atoms with Crippen LogP contribution in [0, 0.1) is 0 Å². The Balaban J connectivity index is 1.40. The average Bonchev–Trinajstić information content (AvgIpc) is 2.70. The lowest BCUT2D eigenvalue weighted by molar-refractivity contribution is -0.0355. The van der Waals surface area contributed by atoms with E-state index in [1.165, 1.54) is 21.5 Å². The number of benzene rings is 1. The van der Waals surface area contributed by atoms with E-state index in [1.807, 2.05) is 18.2 Å². The van der Waals surface area contributed by atoms with Gasteiger partial charge in [0.2, 0.25) is 10.0 Å². The van der Waals surface area contributed by atoms with Crippen molar-refractivity contribution < 1.29 is 13.5 Å². The Labute approximate surface area is 176 Å². The van der Waals surface area contributed by atoms with Crippen molar-refractivity contribution in [3.8, 4) is 0 Å². The number of piperidine rings is 1. The van der Waals surface area contributed by atoms with Gasteiger partial charge in [-0.25, -0.2) is 13.4 Å². The molecule has 2 aliphatic heterocycles. The summed E-state index contributed by atoms with van der Waals surface area (Å²) in [4.78, 5) is 21.0. The Morgan fingerprint density at radius 2 is 1.90 bits per heavy atom. The van der Waals surface area contributed by atoms with Crippen molar-refractivity contribution in [2.45, 2.75) is 18.4 Å². The van der Waals surface area contributed by atoms with Crippen molar-refractivity contribution in [2.75, 3.05) is 57.0 Å². The number of fused-ring (bicyclic) bond motifs is 1. The van der Waals surface area contributed by atoms with Gasteiger partial charge in [0.05, 0.1) is 29.1 Å². The summed E-state index contributed by atoms with van der Waals surface area (Å²) in [5.74, 6) is 0. The van der Waals surface area contributed by atoms with Gasteiger partial charge in [0.15, 0.2) is 0 Å². The van der Waals surface area contributed by atoms with E-state index in [1.54, 1.807) is 7.05 Å². The minimum atomic E-state index is -3.29. The number of β-amino-alcohol motifs (C(OH)–C–C–N with tert-alkyl or cyclic N) is 1. The normalized spacial score (nSPS) is 24.4. The Morgan fingerprint density at radius 3 is 2.60 bits per heavy atom. The van der Waals surface area contributed by atoms with E-state index in [2.05, 4.69) is 14.8 Å². The van der Waals surface area contributed by atoms with Crippen molar-refractivity contribution >= 4 is 26.6 Å². The van der Waals surface area contributed by atoms with Crippen molar-refractivity contribution in [3.63, 3.8) is 0 Å². The van der Waals surface area contributed by atoms with Gasteiger partial charge in [-0.15, -0.1) is 0 Å². The smallest absolute Gasteiger partial charge is 0.260 e. The number of hydrogen-bond acceptors (Lipinski definition) is 7. The highest BCUT2D eigenvalue weighted by Crippen LogP contribution is 2.26. The number of rotatable bonds is 4. The molecule has 1 unspecified atom stereocenters. The Hall–Kier alpha value is -2.01. The fraction of sp³-hybridized carbons (Fsp3) is 0.600. The molecule has 164 valence electrons. The lowest BCUT2D eigenvalue weighted by Crippen LogP contribution is -2.58. The van der Waals surface area contributed by atoms with Gasteiger partial charge in [-0.1, -0.05) is 0 Å². The van der Waals surface area contributed by atoms with Crippen LogP contribution in [0.4, 0.5) is 5.69 Å². The first kappa shape index (κ1) is 21.2.